The Labute approximate surface area is 77.4 Å². The van der Waals surface area contributed by atoms with Crippen LogP contribution in [-0.2, 0) is 8.88 Å². The first kappa shape index (κ1) is 12.5. The van der Waals surface area contributed by atoms with E-state index in [1.807, 2.05) is 0 Å². The van der Waals surface area contributed by atoms with Gasteiger partial charge in [-0.2, -0.15) is 0 Å². The van der Waals surface area contributed by atoms with E-state index in [1.165, 1.54) is 0 Å². The van der Waals surface area contributed by atoms with Gasteiger partial charge in [-0.25, -0.2) is 0 Å². The van der Waals surface area contributed by atoms with E-state index in [4.69, 9.17) is 4.31 Å². The first-order valence-corrected chi connectivity index (χ1v) is 8.27. The summed E-state index contributed by atoms with van der Waals surface area (Å²) >= 11 is 0. The van der Waals surface area contributed by atoms with Crippen molar-refractivity contribution in [1.82, 2.24) is 0 Å². The summed E-state index contributed by atoms with van der Waals surface area (Å²) in [6.45, 7) is 6.58. The van der Waals surface area contributed by atoms with Crippen LogP contribution in [0.1, 0.15) is 27.7 Å². The molecule has 0 fully saturated rings. The molecule has 0 heterocycles. The van der Waals surface area contributed by atoms with Gasteiger partial charge in [-0.1, -0.05) is 0 Å². The van der Waals surface area contributed by atoms with Crippen molar-refractivity contribution in [2.24, 2.45) is 0 Å². The molecule has 2 nitrogen and oxygen atoms in total. The summed E-state index contributed by atoms with van der Waals surface area (Å²) < 4.78 is 16.1. The van der Waals surface area contributed by atoms with Crippen molar-refractivity contribution in [3.8, 4) is 0 Å². The van der Waals surface area contributed by atoms with Crippen LogP contribution in [0.25, 0.3) is 0 Å². The monoisotopic (exact) mass is 210 g/mol. The van der Waals surface area contributed by atoms with Crippen molar-refractivity contribution in [1.29, 1.82) is 0 Å². The van der Waals surface area contributed by atoms with E-state index in [9.17, 15) is 4.57 Å². The van der Waals surface area contributed by atoms with Gasteiger partial charge in [0.1, 0.15) is 0 Å². The van der Waals surface area contributed by atoms with Crippen molar-refractivity contribution in [2.45, 2.75) is 27.7 Å². The standard InChI is InChI=1S/C8H20O2P2/c1-5-12(6-2,7-3,8-4)10-11-9/h5-8H2,1-4H3. The molecule has 0 aliphatic heterocycles. The van der Waals surface area contributed by atoms with Gasteiger partial charge in [-0.3, -0.25) is 0 Å². The van der Waals surface area contributed by atoms with Gasteiger partial charge in [0.2, 0.25) is 0 Å². The van der Waals surface area contributed by atoms with Gasteiger partial charge in [0, 0.05) is 0 Å². The molecule has 0 aliphatic carbocycles. The van der Waals surface area contributed by atoms with Crippen LogP contribution in [0, 0.1) is 0 Å². The summed E-state index contributed by atoms with van der Waals surface area (Å²) in [6, 6.07) is 0. The van der Waals surface area contributed by atoms with Crippen LogP contribution in [0.3, 0.4) is 0 Å². The third-order valence-electron chi connectivity index (χ3n) is 3.46. The van der Waals surface area contributed by atoms with Gasteiger partial charge in [0.15, 0.2) is 0 Å². The molecule has 0 aliphatic rings. The molecule has 0 aromatic heterocycles. The molecule has 0 rings (SSSR count). The molecule has 0 saturated heterocycles. The Morgan fingerprint density at radius 1 is 1.00 bits per heavy atom. The fourth-order valence-corrected chi connectivity index (χ4v) is 6.95. The first-order valence-electron chi connectivity index (χ1n) is 4.64. The maximum atomic E-state index is 10.6. The Bertz CT molecular complexity index is 132. The second-order valence-corrected chi connectivity index (χ2v) is 10.3. The third kappa shape index (κ3) is 2.05. The van der Waals surface area contributed by atoms with E-state index < -0.39 is 6.83 Å². The van der Waals surface area contributed by atoms with Crippen molar-refractivity contribution < 1.29 is 8.88 Å². The second-order valence-electron chi connectivity index (χ2n) is 3.28. The van der Waals surface area contributed by atoms with E-state index in [0.717, 1.165) is 24.6 Å². The van der Waals surface area contributed by atoms with Crippen molar-refractivity contribution in [2.75, 3.05) is 24.6 Å². The van der Waals surface area contributed by atoms with Crippen LogP contribution in [0.2, 0.25) is 0 Å². The molecule has 0 radical (unpaired) electrons. The molecule has 0 amide bonds. The number of hydrogen-bond acceptors (Lipinski definition) is 2. The van der Waals surface area contributed by atoms with E-state index >= 15 is 0 Å². The van der Waals surface area contributed by atoms with Crippen LogP contribution in [0.15, 0.2) is 0 Å². The molecule has 12 heavy (non-hydrogen) atoms. The quantitative estimate of drug-likeness (QED) is 0.624. The van der Waals surface area contributed by atoms with Gasteiger partial charge >= 0.3 is 76.7 Å². The summed E-state index contributed by atoms with van der Waals surface area (Å²) in [5.74, 6) is 0. The molecule has 0 unspecified atom stereocenters. The van der Waals surface area contributed by atoms with Gasteiger partial charge in [-0.05, 0) is 0 Å². The molecule has 0 N–H and O–H groups in total. The molecule has 0 spiro atoms. The van der Waals surface area contributed by atoms with E-state index in [0.29, 0.717) is 0 Å². The van der Waals surface area contributed by atoms with Crippen LogP contribution >= 0.6 is 15.5 Å². The first-order chi connectivity index (χ1) is 5.62. The van der Waals surface area contributed by atoms with Gasteiger partial charge in [0.05, 0.1) is 0 Å². The number of hydrogen-bond donors (Lipinski definition) is 0. The molecule has 74 valence electrons. The Hall–Kier alpha value is 0.490. The SMILES string of the molecule is CCP(CC)(CC)(CC)OP=O. The summed E-state index contributed by atoms with van der Waals surface area (Å²) in [4.78, 5) is 0. The zero-order chi connectivity index (χ0) is 9.69. The summed E-state index contributed by atoms with van der Waals surface area (Å²) in [7, 11) is -0.135. The van der Waals surface area contributed by atoms with Crippen molar-refractivity contribution in [3.63, 3.8) is 0 Å². The van der Waals surface area contributed by atoms with E-state index in [1.54, 1.807) is 0 Å². The molecule has 4 heteroatoms. The van der Waals surface area contributed by atoms with Crippen molar-refractivity contribution in [3.05, 3.63) is 0 Å². The summed E-state index contributed by atoms with van der Waals surface area (Å²) in [5.41, 5.74) is 0. The van der Waals surface area contributed by atoms with Crippen LogP contribution in [-0.4, -0.2) is 24.6 Å². The Kier molecular flexibility index (Phi) is 4.84. The van der Waals surface area contributed by atoms with Crippen LogP contribution in [0.5, 0.6) is 0 Å². The Morgan fingerprint density at radius 2 is 1.33 bits per heavy atom. The minimum absolute atomic E-state index is 0.135. The van der Waals surface area contributed by atoms with Crippen molar-refractivity contribution >= 4 is 15.5 Å². The zero-order valence-corrected chi connectivity index (χ0v) is 10.3. The Balaban J connectivity index is 4.82. The Morgan fingerprint density at radius 3 is 1.42 bits per heavy atom. The predicted molar refractivity (Wildman–Crippen MR) is 57.8 cm³/mol. The van der Waals surface area contributed by atoms with Gasteiger partial charge in [0.25, 0.3) is 0 Å². The van der Waals surface area contributed by atoms with Gasteiger partial charge < -0.3 is 0 Å². The van der Waals surface area contributed by atoms with E-state index in [2.05, 4.69) is 27.7 Å². The second kappa shape index (κ2) is 4.65. The third-order valence-corrected chi connectivity index (χ3v) is 12.0. The van der Waals surface area contributed by atoms with Crippen LogP contribution < -0.4 is 0 Å². The van der Waals surface area contributed by atoms with Gasteiger partial charge in [-0.15, -0.1) is 0 Å². The fourth-order valence-electron chi connectivity index (χ4n) is 1.67. The molecule has 0 saturated carbocycles. The molecule has 0 bridgehead atoms. The fraction of sp³-hybridized carbons (Fsp3) is 1.00. The summed E-state index contributed by atoms with van der Waals surface area (Å²) in [6.07, 6.45) is 4.18. The molecular weight excluding hydrogens is 190 g/mol. The summed E-state index contributed by atoms with van der Waals surface area (Å²) in [5, 5.41) is 0. The topological polar surface area (TPSA) is 26.3 Å². The molecule has 0 aromatic carbocycles. The predicted octanol–water partition coefficient (Wildman–Crippen LogP) is 3.76. The van der Waals surface area contributed by atoms with Crippen LogP contribution in [0.4, 0.5) is 0 Å². The average Bonchev–Trinajstić information content (AvgIpc) is 2.16. The maximum absolute atomic E-state index is 10.6. The normalized spacial score (nSPS) is 15.8. The zero-order valence-electron chi connectivity index (χ0n) is 8.54. The molecule has 0 atom stereocenters. The molecular formula is C8H20O2P2. The average molecular weight is 210 g/mol. The minimum atomic E-state index is -2.03. The molecule has 0 aromatic rings. The number of rotatable bonds is 6. The van der Waals surface area contributed by atoms with E-state index in [-0.39, 0.29) is 8.69 Å².